The third-order valence-corrected chi connectivity index (χ3v) is 5.21. The van der Waals surface area contributed by atoms with Gasteiger partial charge in [0.25, 0.3) is 0 Å². The minimum absolute atomic E-state index is 0.0258. The maximum absolute atomic E-state index is 11.7. The van der Waals surface area contributed by atoms with Crippen molar-refractivity contribution in [1.29, 1.82) is 0 Å². The van der Waals surface area contributed by atoms with Gasteiger partial charge in [-0.2, -0.15) is 0 Å². The molecule has 2 rings (SSSR count). The number of carboxylic acids is 1. The molecule has 0 aromatic carbocycles. The summed E-state index contributed by atoms with van der Waals surface area (Å²) in [5.41, 5.74) is -1.46. The fourth-order valence-electron chi connectivity index (χ4n) is 3.93. The highest BCUT2D eigenvalue weighted by Gasteiger charge is 2.50. The van der Waals surface area contributed by atoms with Gasteiger partial charge in [0, 0.05) is 0 Å². The molecule has 2 N–H and O–H groups in total. The van der Waals surface area contributed by atoms with Crippen molar-refractivity contribution in [2.24, 2.45) is 17.8 Å². The normalized spacial score (nSPS) is 33.9. The van der Waals surface area contributed by atoms with Gasteiger partial charge in [-0.3, -0.25) is 0 Å². The van der Waals surface area contributed by atoms with Crippen LogP contribution in [0, 0.1) is 17.8 Å². The molecule has 104 valence electrons. The van der Waals surface area contributed by atoms with Crippen LogP contribution in [-0.2, 0) is 4.79 Å². The molecule has 0 aromatic heterocycles. The second kappa shape index (κ2) is 5.60. The Labute approximate surface area is 110 Å². The molecule has 2 aliphatic rings. The zero-order valence-electron chi connectivity index (χ0n) is 11.4. The van der Waals surface area contributed by atoms with E-state index in [2.05, 4.69) is 6.92 Å². The van der Waals surface area contributed by atoms with E-state index in [1.807, 2.05) is 0 Å². The van der Waals surface area contributed by atoms with Crippen LogP contribution in [-0.4, -0.2) is 21.8 Å². The summed E-state index contributed by atoms with van der Waals surface area (Å²) in [6.45, 7) is 2.22. The molecule has 0 unspecified atom stereocenters. The Hall–Kier alpha value is -0.570. The molecule has 2 fully saturated rings. The Kier molecular flexibility index (Phi) is 4.31. The summed E-state index contributed by atoms with van der Waals surface area (Å²) in [7, 11) is 0. The molecule has 1 atom stereocenters. The summed E-state index contributed by atoms with van der Waals surface area (Å²) in [6, 6.07) is 0. The number of carboxylic acid groups (broad SMARTS) is 1. The fraction of sp³-hybridized carbons (Fsp3) is 0.933. The molecule has 0 saturated heterocycles. The zero-order valence-corrected chi connectivity index (χ0v) is 11.4. The minimum Gasteiger partial charge on any atom is -0.479 e. The lowest BCUT2D eigenvalue weighted by molar-refractivity contribution is -0.178. The van der Waals surface area contributed by atoms with E-state index in [-0.39, 0.29) is 11.8 Å². The van der Waals surface area contributed by atoms with Gasteiger partial charge in [-0.1, -0.05) is 39.0 Å². The number of hydrogen-bond acceptors (Lipinski definition) is 2. The highest BCUT2D eigenvalue weighted by atomic mass is 16.4. The van der Waals surface area contributed by atoms with E-state index in [1.165, 1.54) is 6.42 Å². The summed E-state index contributed by atoms with van der Waals surface area (Å²) >= 11 is 0. The second-order valence-electron chi connectivity index (χ2n) is 6.42. The van der Waals surface area contributed by atoms with Gasteiger partial charge in [0.2, 0.25) is 0 Å². The quantitative estimate of drug-likeness (QED) is 0.813. The fourth-order valence-corrected chi connectivity index (χ4v) is 3.93. The lowest BCUT2D eigenvalue weighted by atomic mass is 9.65. The van der Waals surface area contributed by atoms with E-state index in [1.54, 1.807) is 0 Å². The lowest BCUT2D eigenvalue weighted by Gasteiger charge is -2.43. The van der Waals surface area contributed by atoms with Gasteiger partial charge < -0.3 is 10.2 Å². The van der Waals surface area contributed by atoms with Crippen molar-refractivity contribution in [3.8, 4) is 0 Å². The van der Waals surface area contributed by atoms with Gasteiger partial charge in [0.1, 0.15) is 0 Å². The summed E-state index contributed by atoms with van der Waals surface area (Å²) in [6.07, 6.45) is 8.98. The predicted octanol–water partition coefficient (Wildman–Crippen LogP) is 3.21. The van der Waals surface area contributed by atoms with E-state index in [4.69, 9.17) is 0 Å². The first-order chi connectivity index (χ1) is 8.55. The largest absolute Gasteiger partial charge is 0.479 e. The van der Waals surface area contributed by atoms with Crippen molar-refractivity contribution in [2.75, 3.05) is 0 Å². The van der Waals surface area contributed by atoms with E-state index >= 15 is 0 Å². The molecule has 0 aliphatic heterocycles. The van der Waals surface area contributed by atoms with Gasteiger partial charge in [-0.15, -0.1) is 0 Å². The molecule has 18 heavy (non-hydrogen) atoms. The molecule has 0 amide bonds. The van der Waals surface area contributed by atoms with Crippen molar-refractivity contribution in [3.63, 3.8) is 0 Å². The standard InChI is InChI=1S/C15H26O3/c1-11-7-9-13(10-8-11)15(18,14(16)17)12-5-3-2-4-6-12/h11-13,18H,2-10H2,1H3,(H,16,17)/t11?,13?,15-/m1/s1. The summed E-state index contributed by atoms with van der Waals surface area (Å²) in [4.78, 5) is 11.7. The average molecular weight is 254 g/mol. The number of carbonyl (C=O) groups is 1. The van der Waals surface area contributed by atoms with Crippen molar-refractivity contribution in [2.45, 2.75) is 70.3 Å². The number of hydrogen-bond donors (Lipinski definition) is 2. The first-order valence-electron chi connectivity index (χ1n) is 7.51. The molecule has 2 aliphatic carbocycles. The van der Waals surface area contributed by atoms with E-state index in [0.29, 0.717) is 5.92 Å². The molecule has 3 heteroatoms. The molecule has 0 aromatic rings. The van der Waals surface area contributed by atoms with Crippen LogP contribution in [0.4, 0.5) is 0 Å². The molecular weight excluding hydrogens is 228 g/mol. The molecule has 0 radical (unpaired) electrons. The van der Waals surface area contributed by atoms with Crippen LogP contribution >= 0.6 is 0 Å². The maximum atomic E-state index is 11.7. The van der Waals surface area contributed by atoms with E-state index < -0.39 is 11.6 Å². The lowest BCUT2D eigenvalue weighted by Crippen LogP contribution is -2.53. The van der Waals surface area contributed by atoms with Crippen LogP contribution in [0.2, 0.25) is 0 Å². The Bertz CT molecular complexity index is 288. The van der Waals surface area contributed by atoms with Gasteiger partial charge in [-0.25, -0.2) is 4.79 Å². The van der Waals surface area contributed by atoms with Crippen LogP contribution in [0.3, 0.4) is 0 Å². The van der Waals surface area contributed by atoms with Gasteiger partial charge in [0.15, 0.2) is 5.60 Å². The minimum atomic E-state index is -1.46. The first kappa shape index (κ1) is 13.9. The van der Waals surface area contributed by atoms with Crippen LogP contribution in [0.15, 0.2) is 0 Å². The van der Waals surface area contributed by atoms with Crippen molar-refractivity contribution < 1.29 is 15.0 Å². The molecule has 2 saturated carbocycles. The van der Waals surface area contributed by atoms with Gasteiger partial charge in [0.05, 0.1) is 0 Å². The molecule has 3 nitrogen and oxygen atoms in total. The van der Waals surface area contributed by atoms with Crippen molar-refractivity contribution in [3.05, 3.63) is 0 Å². The highest BCUT2D eigenvalue weighted by molar-refractivity contribution is 5.78. The SMILES string of the molecule is CC1CCC([C@@](O)(C(=O)O)C2CCCCC2)CC1. The predicted molar refractivity (Wildman–Crippen MR) is 70.3 cm³/mol. The number of aliphatic hydroxyl groups is 1. The maximum Gasteiger partial charge on any atom is 0.336 e. The van der Waals surface area contributed by atoms with Crippen molar-refractivity contribution >= 4 is 5.97 Å². The molecule has 0 spiro atoms. The Morgan fingerprint density at radius 1 is 0.944 bits per heavy atom. The Balaban J connectivity index is 2.12. The topological polar surface area (TPSA) is 57.5 Å². The summed E-state index contributed by atoms with van der Waals surface area (Å²) < 4.78 is 0. The van der Waals surface area contributed by atoms with Gasteiger partial charge >= 0.3 is 5.97 Å². The monoisotopic (exact) mass is 254 g/mol. The van der Waals surface area contributed by atoms with Gasteiger partial charge in [-0.05, 0) is 43.4 Å². The number of rotatable bonds is 3. The van der Waals surface area contributed by atoms with Crippen LogP contribution in [0.1, 0.15) is 64.7 Å². The van der Waals surface area contributed by atoms with Crippen LogP contribution in [0.25, 0.3) is 0 Å². The number of aliphatic carboxylic acids is 1. The van der Waals surface area contributed by atoms with Crippen LogP contribution in [0.5, 0.6) is 0 Å². The summed E-state index contributed by atoms with van der Waals surface area (Å²) in [5, 5.41) is 20.4. The Morgan fingerprint density at radius 2 is 1.44 bits per heavy atom. The third kappa shape index (κ3) is 2.56. The average Bonchev–Trinajstić information content (AvgIpc) is 2.39. The molecular formula is C15H26O3. The molecule has 0 bridgehead atoms. The van der Waals surface area contributed by atoms with Crippen LogP contribution < -0.4 is 0 Å². The summed E-state index contributed by atoms with van der Waals surface area (Å²) in [5.74, 6) is -0.351. The Morgan fingerprint density at radius 3 is 1.94 bits per heavy atom. The van der Waals surface area contributed by atoms with E-state index in [0.717, 1.165) is 51.4 Å². The molecule has 0 heterocycles. The third-order valence-electron chi connectivity index (χ3n) is 5.21. The van der Waals surface area contributed by atoms with E-state index in [9.17, 15) is 15.0 Å². The smallest absolute Gasteiger partial charge is 0.336 e. The second-order valence-corrected chi connectivity index (χ2v) is 6.42. The first-order valence-corrected chi connectivity index (χ1v) is 7.51. The highest BCUT2D eigenvalue weighted by Crippen LogP contribution is 2.44. The van der Waals surface area contributed by atoms with Crippen molar-refractivity contribution in [1.82, 2.24) is 0 Å². The zero-order chi connectivity index (χ0) is 13.2.